The summed E-state index contributed by atoms with van der Waals surface area (Å²) in [5.74, 6) is 1.30. The Labute approximate surface area is 146 Å². The topological polar surface area (TPSA) is 60.1 Å². The lowest BCUT2D eigenvalue weighted by Gasteiger charge is -2.35. The predicted molar refractivity (Wildman–Crippen MR) is 94.4 cm³/mol. The lowest BCUT2D eigenvalue weighted by molar-refractivity contribution is 0.0916. The zero-order valence-corrected chi connectivity index (χ0v) is 14.4. The summed E-state index contributed by atoms with van der Waals surface area (Å²) in [6.07, 6.45) is 7.52. The van der Waals surface area contributed by atoms with Crippen LogP contribution in [0.5, 0.6) is 0 Å². The number of fused-ring (bicyclic) bond motifs is 1. The van der Waals surface area contributed by atoms with Crippen molar-refractivity contribution >= 4 is 5.91 Å². The minimum absolute atomic E-state index is 0.0961. The fraction of sp³-hybridized carbons (Fsp3) is 0.300. The number of carbonyl (C=O) groups is 1. The maximum absolute atomic E-state index is 12.9. The Morgan fingerprint density at radius 3 is 2.88 bits per heavy atom. The average molecular weight is 335 g/mol. The van der Waals surface area contributed by atoms with Gasteiger partial charge in [0.25, 0.3) is 5.91 Å². The van der Waals surface area contributed by atoms with Crippen LogP contribution in [0.1, 0.15) is 51.5 Å². The fourth-order valence-corrected chi connectivity index (χ4v) is 3.78. The van der Waals surface area contributed by atoms with Crippen molar-refractivity contribution in [2.45, 2.75) is 38.8 Å². The summed E-state index contributed by atoms with van der Waals surface area (Å²) in [7, 11) is 0. The van der Waals surface area contributed by atoms with Gasteiger partial charge in [0.1, 0.15) is 11.5 Å². The van der Waals surface area contributed by atoms with Gasteiger partial charge in [0.05, 0.1) is 24.0 Å². The van der Waals surface area contributed by atoms with E-state index in [1.165, 1.54) is 11.1 Å². The van der Waals surface area contributed by atoms with Gasteiger partial charge in [-0.15, -0.1) is 0 Å². The number of hydrogen-bond donors (Lipinski definition) is 1. The Balaban J connectivity index is 1.70. The molecule has 128 valence electrons. The smallest absolute Gasteiger partial charge is 0.255 e. The minimum Gasteiger partial charge on any atom is -0.466 e. The van der Waals surface area contributed by atoms with Crippen molar-refractivity contribution in [3.05, 3.63) is 77.3 Å². The van der Waals surface area contributed by atoms with Crippen molar-refractivity contribution < 1.29 is 9.21 Å². The molecule has 25 heavy (non-hydrogen) atoms. The predicted octanol–water partition coefficient (Wildman–Crippen LogP) is 3.75. The quantitative estimate of drug-likeness (QED) is 0.793. The number of aryl methyl sites for hydroxylation is 3. The Hall–Kier alpha value is -2.82. The van der Waals surface area contributed by atoms with Crippen LogP contribution in [-0.4, -0.2) is 15.5 Å². The monoisotopic (exact) mass is 335 g/mol. The van der Waals surface area contributed by atoms with E-state index in [0.29, 0.717) is 11.3 Å². The first-order chi connectivity index (χ1) is 12.1. The van der Waals surface area contributed by atoms with E-state index in [2.05, 4.69) is 33.1 Å². The highest BCUT2D eigenvalue weighted by Gasteiger charge is 2.32. The van der Waals surface area contributed by atoms with Gasteiger partial charge in [0, 0.05) is 12.4 Å². The van der Waals surface area contributed by atoms with Crippen LogP contribution >= 0.6 is 0 Å². The van der Waals surface area contributed by atoms with Crippen molar-refractivity contribution in [2.24, 2.45) is 0 Å². The highest BCUT2D eigenvalue weighted by atomic mass is 16.3. The van der Waals surface area contributed by atoms with Crippen molar-refractivity contribution in [3.8, 4) is 0 Å². The number of nitrogens with zero attached hydrogens (tertiary/aromatic N) is 2. The standard InChI is InChI=1S/C20H21N3O2/c1-13-11-17(14(2)25-13)20(24)22-19-16-6-4-3-5-15(16)7-8-18(19)23-10-9-21-12-23/h3-6,9-12,18-19H,7-8H2,1-2H3,(H,22,24)/t18-,19-/m0/s1. The molecule has 0 radical (unpaired) electrons. The van der Waals surface area contributed by atoms with Crippen LogP contribution in [0.4, 0.5) is 0 Å². The molecule has 1 amide bonds. The minimum atomic E-state index is -0.0961. The third kappa shape index (κ3) is 2.86. The first-order valence-corrected chi connectivity index (χ1v) is 8.56. The third-order valence-electron chi connectivity index (χ3n) is 4.96. The molecule has 0 unspecified atom stereocenters. The van der Waals surface area contributed by atoms with Crippen LogP contribution < -0.4 is 5.32 Å². The second kappa shape index (κ2) is 6.24. The van der Waals surface area contributed by atoms with Gasteiger partial charge in [0.2, 0.25) is 0 Å². The van der Waals surface area contributed by atoms with E-state index in [0.717, 1.165) is 18.6 Å². The van der Waals surface area contributed by atoms with E-state index in [4.69, 9.17) is 4.42 Å². The summed E-state index contributed by atoms with van der Waals surface area (Å²) in [5, 5.41) is 3.24. The Bertz CT molecular complexity index is 896. The number of benzene rings is 1. The van der Waals surface area contributed by atoms with Crippen molar-refractivity contribution in [1.82, 2.24) is 14.9 Å². The largest absolute Gasteiger partial charge is 0.466 e. The molecule has 5 nitrogen and oxygen atoms in total. The fourth-order valence-electron chi connectivity index (χ4n) is 3.78. The van der Waals surface area contributed by atoms with Gasteiger partial charge in [-0.05, 0) is 43.9 Å². The van der Waals surface area contributed by atoms with Crippen LogP contribution in [0, 0.1) is 13.8 Å². The van der Waals surface area contributed by atoms with Crippen LogP contribution in [-0.2, 0) is 6.42 Å². The number of furan rings is 1. The molecule has 0 bridgehead atoms. The van der Waals surface area contributed by atoms with E-state index in [1.807, 2.05) is 32.4 Å². The van der Waals surface area contributed by atoms with Gasteiger partial charge in [0.15, 0.2) is 0 Å². The first-order valence-electron chi connectivity index (χ1n) is 8.56. The molecule has 5 heteroatoms. The van der Waals surface area contributed by atoms with E-state index in [-0.39, 0.29) is 18.0 Å². The van der Waals surface area contributed by atoms with Crippen LogP contribution in [0.25, 0.3) is 0 Å². The van der Waals surface area contributed by atoms with Crippen LogP contribution in [0.15, 0.2) is 53.5 Å². The molecule has 0 saturated carbocycles. The highest BCUT2D eigenvalue weighted by Crippen LogP contribution is 2.37. The SMILES string of the molecule is Cc1cc(C(=O)N[C@H]2c3ccccc3CC[C@@H]2n2ccnc2)c(C)o1. The molecule has 3 aromatic rings. The van der Waals surface area contributed by atoms with Crippen molar-refractivity contribution in [1.29, 1.82) is 0 Å². The molecule has 2 heterocycles. The number of nitrogens with one attached hydrogen (secondary N) is 1. The van der Waals surface area contributed by atoms with Gasteiger partial charge < -0.3 is 14.3 Å². The van der Waals surface area contributed by atoms with Crippen molar-refractivity contribution in [2.75, 3.05) is 0 Å². The molecule has 1 aliphatic carbocycles. The molecular formula is C20H21N3O2. The molecule has 0 fully saturated rings. The number of imidazole rings is 1. The van der Waals surface area contributed by atoms with Gasteiger partial charge in [-0.2, -0.15) is 0 Å². The highest BCUT2D eigenvalue weighted by molar-refractivity contribution is 5.95. The molecule has 1 aromatic carbocycles. The van der Waals surface area contributed by atoms with E-state index < -0.39 is 0 Å². The average Bonchev–Trinajstić information content (AvgIpc) is 3.24. The number of carbonyl (C=O) groups excluding carboxylic acids is 1. The van der Waals surface area contributed by atoms with Crippen LogP contribution in [0.2, 0.25) is 0 Å². The first kappa shape index (κ1) is 15.7. The molecule has 1 N–H and O–H groups in total. The maximum atomic E-state index is 12.9. The summed E-state index contributed by atoms with van der Waals surface area (Å²) in [6.45, 7) is 3.68. The maximum Gasteiger partial charge on any atom is 0.255 e. The zero-order chi connectivity index (χ0) is 17.4. The summed E-state index contributed by atoms with van der Waals surface area (Å²) < 4.78 is 7.61. The Morgan fingerprint density at radius 1 is 1.32 bits per heavy atom. The Morgan fingerprint density at radius 2 is 2.16 bits per heavy atom. The molecule has 2 atom stereocenters. The third-order valence-corrected chi connectivity index (χ3v) is 4.96. The van der Waals surface area contributed by atoms with Crippen molar-refractivity contribution in [3.63, 3.8) is 0 Å². The van der Waals surface area contributed by atoms with Gasteiger partial charge >= 0.3 is 0 Å². The molecular weight excluding hydrogens is 314 g/mol. The lowest BCUT2D eigenvalue weighted by Crippen LogP contribution is -2.37. The summed E-state index contributed by atoms with van der Waals surface area (Å²) in [6, 6.07) is 10.2. The van der Waals surface area contributed by atoms with Gasteiger partial charge in [-0.1, -0.05) is 24.3 Å². The summed E-state index contributed by atoms with van der Waals surface area (Å²) >= 11 is 0. The van der Waals surface area contributed by atoms with E-state index >= 15 is 0 Å². The number of aromatic nitrogens is 2. The zero-order valence-electron chi connectivity index (χ0n) is 14.4. The number of amides is 1. The van der Waals surface area contributed by atoms with Crippen LogP contribution in [0.3, 0.4) is 0 Å². The molecule has 4 rings (SSSR count). The summed E-state index contributed by atoms with van der Waals surface area (Å²) in [4.78, 5) is 17.1. The normalized spacial score (nSPS) is 19.4. The van der Waals surface area contributed by atoms with E-state index in [1.54, 1.807) is 12.3 Å². The molecule has 0 aliphatic heterocycles. The van der Waals surface area contributed by atoms with Gasteiger partial charge in [-0.3, -0.25) is 4.79 Å². The lowest BCUT2D eigenvalue weighted by atomic mass is 9.83. The molecule has 1 aliphatic rings. The van der Waals surface area contributed by atoms with Gasteiger partial charge in [-0.25, -0.2) is 4.98 Å². The molecule has 0 saturated heterocycles. The summed E-state index contributed by atoms with van der Waals surface area (Å²) in [5.41, 5.74) is 3.08. The molecule has 2 aromatic heterocycles. The number of rotatable bonds is 3. The molecule has 0 spiro atoms. The Kier molecular flexibility index (Phi) is 3.92. The second-order valence-corrected chi connectivity index (χ2v) is 6.59. The second-order valence-electron chi connectivity index (χ2n) is 6.59. The van der Waals surface area contributed by atoms with E-state index in [9.17, 15) is 4.79 Å². The number of hydrogen-bond acceptors (Lipinski definition) is 3.